The van der Waals surface area contributed by atoms with Crippen molar-refractivity contribution >= 4 is 0 Å². The molecule has 0 aliphatic carbocycles. The van der Waals surface area contributed by atoms with Crippen LogP contribution in [0.1, 0.15) is 39.4 Å². The van der Waals surface area contributed by atoms with Crippen LogP contribution >= 0.6 is 0 Å². The third-order valence-corrected chi connectivity index (χ3v) is 4.98. The van der Waals surface area contributed by atoms with Gasteiger partial charge in [-0.15, -0.1) is 0 Å². The zero-order valence-corrected chi connectivity index (χ0v) is 14.6. The Bertz CT molecular complexity index is 714. The first-order valence-electron chi connectivity index (χ1n) is 8.11. The van der Waals surface area contributed by atoms with Crippen LogP contribution in [-0.4, -0.2) is 20.8 Å². The minimum Gasteiger partial charge on any atom is -0.493 e. The van der Waals surface area contributed by atoms with Crippen molar-refractivity contribution in [2.24, 2.45) is 0 Å². The van der Waals surface area contributed by atoms with Gasteiger partial charge in [0.05, 0.1) is 20.3 Å². The quantitative estimate of drug-likeness (QED) is 0.933. The van der Waals surface area contributed by atoms with Crippen LogP contribution in [0.25, 0.3) is 0 Å². The molecule has 3 nitrogen and oxygen atoms in total. The van der Waals surface area contributed by atoms with Crippen molar-refractivity contribution in [1.82, 2.24) is 5.32 Å². The molecule has 1 atom stereocenters. The number of ether oxygens (including phenoxy) is 2. The third-order valence-electron chi connectivity index (χ3n) is 4.98. The molecule has 1 heterocycles. The van der Waals surface area contributed by atoms with E-state index < -0.39 is 0 Å². The minimum absolute atomic E-state index is 0.205. The van der Waals surface area contributed by atoms with Crippen molar-refractivity contribution in [3.63, 3.8) is 0 Å². The lowest BCUT2D eigenvalue weighted by Crippen LogP contribution is -2.30. The highest BCUT2D eigenvalue weighted by molar-refractivity contribution is 5.52. The highest BCUT2D eigenvalue weighted by Gasteiger charge is 2.24. The van der Waals surface area contributed by atoms with Crippen molar-refractivity contribution in [1.29, 1.82) is 0 Å². The molecule has 1 aliphatic heterocycles. The Balaban J connectivity index is 2.11. The molecule has 0 aromatic heterocycles. The van der Waals surface area contributed by atoms with Gasteiger partial charge >= 0.3 is 0 Å². The average Bonchev–Trinajstić information content (AvgIpc) is 2.57. The standard InChI is InChI=1S/C20H25NO2/c1-12-8-16(9-13(2)14(12)3)20-17-11-19(23-5)18(22-4)10-15(17)6-7-21-20/h8-11,20-21H,6-7H2,1-5H3. The second kappa shape index (κ2) is 6.25. The zero-order valence-electron chi connectivity index (χ0n) is 14.6. The predicted molar refractivity (Wildman–Crippen MR) is 93.7 cm³/mol. The van der Waals surface area contributed by atoms with Gasteiger partial charge < -0.3 is 14.8 Å². The Morgan fingerprint density at radius 3 is 2.13 bits per heavy atom. The minimum atomic E-state index is 0.205. The van der Waals surface area contributed by atoms with E-state index in [4.69, 9.17) is 9.47 Å². The summed E-state index contributed by atoms with van der Waals surface area (Å²) in [5, 5.41) is 3.66. The number of rotatable bonds is 3. The lowest BCUT2D eigenvalue weighted by Gasteiger charge is -2.29. The first kappa shape index (κ1) is 15.9. The molecule has 0 spiro atoms. The molecule has 23 heavy (non-hydrogen) atoms. The van der Waals surface area contributed by atoms with Crippen LogP contribution in [0.4, 0.5) is 0 Å². The molecule has 1 aliphatic rings. The summed E-state index contributed by atoms with van der Waals surface area (Å²) >= 11 is 0. The smallest absolute Gasteiger partial charge is 0.161 e. The zero-order chi connectivity index (χ0) is 16.6. The topological polar surface area (TPSA) is 30.5 Å². The van der Waals surface area contributed by atoms with Gasteiger partial charge in [-0.1, -0.05) is 12.1 Å². The molecule has 0 bridgehead atoms. The van der Waals surface area contributed by atoms with Gasteiger partial charge in [0.15, 0.2) is 11.5 Å². The summed E-state index contributed by atoms with van der Waals surface area (Å²) in [5.74, 6) is 1.60. The maximum absolute atomic E-state index is 5.50. The molecule has 0 radical (unpaired) electrons. The predicted octanol–water partition coefficient (Wildman–Crippen LogP) is 3.86. The maximum atomic E-state index is 5.50. The average molecular weight is 311 g/mol. The molecule has 3 heteroatoms. The van der Waals surface area contributed by atoms with Gasteiger partial charge in [-0.05, 0) is 72.7 Å². The largest absolute Gasteiger partial charge is 0.493 e. The van der Waals surface area contributed by atoms with Crippen LogP contribution in [0.2, 0.25) is 0 Å². The molecule has 1 N–H and O–H groups in total. The number of nitrogens with one attached hydrogen (secondary N) is 1. The van der Waals surface area contributed by atoms with E-state index in [0.29, 0.717) is 0 Å². The van der Waals surface area contributed by atoms with Gasteiger partial charge in [-0.25, -0.2) is 0 Å². The first-order valence-corrected chi connectivity index (χ1v) is 8.11. The van der Waals surface area contributed by atoms with Gasteiger partial charge in [-0.3, -0.25) is 0 Å². The highest BCUT2D eigenvalue weighted by atomic mass is 16.5. The molecular weight excluding hydrogens is 286 g/mol. The fraction of sp³-hybridized carbons (Fsp3) is 0.400. The van der Waals surface area contributed by atoms with E-state index in [1.165, 1.54) is 33.4 Å². The molecule has 1 unspecified atom stereocenters. The van der Waals surface area contributed by atoms with Crippen molar-refractivity contribution in [2.45, 2.75) is 33.2 Å². The van der Waals surface area contributed by atoms with Crippen LogP contribution in [-0.2, 0) is 6.42 Å². The van der Waals surface area contributed by atoms with Gasteiger partial charge in [0.2, 0.25) is 0 Å². The second-order valence-corrected chi connectivity index (χ2v) is 6.32. The lowest BCUT2D eigenvalue weighted by atomic mass is 9.87. The molecular formula is C20H25NO2. The molecule has 2 aromatic carbocycles. The molecule has 0 saturated heterocycles. The molecule has 0 saturated carbocycles. The Morgan fingerprint density at radius 1 is 0.913 bits per heavy atom. The van der Waals surface area contributed by atoms with E-state index in [1.54, 1.807) is 14.2 Å². The fourth-order valence-corrected chi connectivity index (χ4v) is 3.42. The molecule has 3 rings (SSSR count). The van der Waals surface area contributed by atoms with Crippen molar-refractivity contribution in [3.05, 3.63) is 57.6 Å². The Hall–Kier alpha value is -2.00. The van der Waals surface area contributed by atoms with E-state index in [0.717, 1.165) is 24.5 Å². The summed E-state index contributed by atoms with van der Waals surface area (Å²) in [6.45, 7) is 7.53. The molecule has 0 fully saturated rings. The van der Waals surface area contributed by atoms with Gasteiger partial charge in [0.1, 0.15) is 0 Å². The monoisotopic (exact) mass is 311 g/mol. The number of hydrogen-bond donors (Lipinski definition) is 1. The summed E-state index contributed by atoms with van der Waals surface area (Å²) in [6, 6.07) is 9.04. The number of aryl methyl sites for hydroxylation is 2. The first-order chi connectivity index (χ1) is 11.0. The van der Waals surface area contributed by atoms with E-state index >= 15 is 0 Å². The van der Waals surface area contributed by atoms with Crippen molar-refractivity contribution in [3.8, 4) is 11.5 Å². The molecule has 122 valence electrons. The summed E-state index contributed by atoms with van der Waals surface area (Å²) in [7, 11) is 3.38. The number of hydrogen-bond acceptors (Lipinski definition) is 3. The number of benzene rings is 2. The lowest BCUT2D eigenvalue weighted by molar-refractivity contribution is 0.353. The van der Waals surface area contributed by atoms with E-state index in [9.17, 15) is 0 Å². The second-order valence-electron chi connectivity index (χ2n) is 6.32. The third kappa shape index (κ3) is 2.81. The van der Waals surface area contributed by atoms with Crippen LogP contribution in [0.5, 0.6) is 11.5 Å². The van der Waals surface area contributed by atoms with Crippen LogP contribution in [0.15, 0.2) is 24.3 Å². The summed E-state index contributed by atoms with van der Waals surface area (Å²) in [5.41, 5.74) is 8.00. The van der Waals surface area contributed by atoms with Crippen molar-refractivity contribution in [2.75, 3.05) is 20.8 Å². The number of methoxy groups -OCH3 is 2. The van der Waals surface area contributed by atoms with Crippen LogP contribution in [0.3, 0.4) is 0 Å². The van der Waals surface area contributed by atoms with Crippen LogP contribution in [0, 0.1) is 20.8 Å². The van der Waals surface area contributed by atoms with E-state index in [-0.39, 0.29) is 6.04 Å². The van der Waals surface area contributed by atoms with Gasteiger partial charge in [-0.2, -0.15) is 0 Å². The highest BCUT2D eigenvalue weighted by Crippen LogP contribution is 2.38. The SMILES string of the molecule is COc1cc2c(cc1OC)C(c1cc(C)c(C)c(C)c1)NCC2. The van der Waals surface area contributed by atoms with Crippen LogP contribution < -0.4 is 14.8 Å². The maximum Gasteiger partial charge on any atom is 0.161 e. The Morgan fingerprint density at radius 2 is 1.52 bits per heavy atom. The molecule has 2 aromatic rings. The van der Waals surface area contributed by atoms with E-state index in [1.807, 2.05) is 0 Å². The Labute approximate surface area is 138 Å². The summed E-state index contributed by atoms with van der Waals surface area (Å²) < 4.78 is 11.0. The fourth-order valence-electron chi connectivity index (χ4n) is 3.42. The van der Waals surface area contributed by atoms with E-state index in [2.05, 4.69) is 50.4 Å². The number of fused-ring (bicyclic) bond motifs is 1. The van der Waals surface area contributed by atoms with Gasteiger partial charge in [0.25, 0.3) is 0 Å². The molecule has 0 amide bonds. The normalized spacial score (nSPS) is 16.8. The Kier molecular flexibility index (Phi) is 4.31. The summed E-state index contributed by atoms with van der Waals surface area (Å²) in [4.78, 5) is 0. The van der Waals surface area contributed by atoms with Gasteiger partial charge in [0, 0.05) is 6.54 Å². The van der Waals surface area contributed by atoms with Crippen molar-refractivity contribution < 1.29 is 9.47 Å². The summed E-state index contributed by atoms with van der Waals surface area (Å²) in [6.07, 6.45) is 1.01.